The summed E-state index contributed by atoms with van der Waals surface area (Å²) in [5.74, 6) is -1.02. The number of amides is 3. The molecule has 1 fully saturated rings. The van der Waals surface area contributed by atoms with Gasteiger partial charge in [0, 0.05) is 19.6 Å². The fourth-order valence-electron chi connectivity index (χ4n) is 1.63. The number of nitrogens with one attached hydrogen (secondary N) is 1. The van der Waals surface area contributed by atoms with E-state index in [1.54, 1.807) is 6.92 Å². The number of piperazine rings is 1. The highest BCUT2D eigenvalue weighted by molar-refractivity contribution is 6.04. The van der Waals surface area contributed by atoms with Crippen LogP contribution in [-0.4, -0.2) is 48.4 Å². The van der Waals surface area contributed by atoms with Crippen LogP contribution in [0.4, 0.5) is 0 Å². The van der Waals surface area contributed by atoms with Crippen molar-refractivity contribution in [1.29, 1.82) is 0 Å². The van der Waals surface area contributed by atoms with Crippen molar-refractivity contribution in [2.75, 3.05) is 19.8 Å². The molecule has 1 unspecified atom stereocenters. The number of carbonyl (C=O) groups is 3. The zero-order valence-corrected chi connectivity index (χ0v) is 10.2. The Kier molecular flexibility index (Phi) is 5.09. The second-order valence-electron chi connectivity index (χ2n) is 3.91. The van der Waals surface area contributed by atoms with Crippen LogP contribution in [0.25, 0.3) is 0 Å². The van der Waals surface area contributed by atoms with Gasteiger partial charge in [-0.1, -0.05) is 0 Å². The summed E-state index contributed by atoms with van der Waals surface area (Å²) in [5, 5.41) is 2.19. The van der Waals surface area contributed by atoms with Crippen LogP contribution >= 0.6 is 0 Å². The average Bonchev–Trinajstić information content (AvgIpc) is 2.29. The minimum absolute atomic E-state index is 0.0413. The van der Waals surface area contributed by atoms with Crippen molar-refractivity contribution >= 4 is 17.7 Å². The van der Waals surface area contributed by atoms with E-state index in [-0.39, 0.29) is 12.5 Å². The van der Waals surface area contributed by atoms with E-state index in [0.29, 0.717) is 26.1 Å². The summed E-state index contributed by atoms with van der Waals surface area (Å²) in [5.41, 5.74) is 0. The van der Waals surface area contributed by atoms with E-state index in [1.807, 2.05) is 6.92 Å². The fourth-order valence-corrected chi connectivity index (χ4v) is 1.63. The normalized spacial score (nSPS) is 20.4. The van der Waals surface area contributed by atoms with E-state index in [2.05, 4.69) is 5.32 Å². The number of carbonyl (C=O) groups excluding carboxylic acids is 3. The molecule has 0 aromatic heterocycles. The fraction of sp³-hybridized carbons (Fsp3) is 0.727. The van der Waals surface area contributed by atoms with Crippen molar-refractivity contribution in [3.63, 3.8) is 0 Å². The minimum atomic E-state index is -0.577. The van der Waals surface area contributed by atoms with Crippen molar-refractivity contribution in [3.05, 3.63) is 0 Å². The molecule has 1 aliphatic heterocycles. The van der Waals surface area contributed by atoms with Gasteiger partial charge in [-0.25, -0.2) is 0 Å². The molecule has 1 aliphatic rings. The first kappa shape index (κ1) is 13.6. The van der Waals surface area contributed by atoms with E-state index in [0.717, 1.165) is 0 Å². The van der Waals surface area contributed by atoms with Gasteiger partial charge in [-0.15, -0.1) is 0 Å². The molecular formula is C11H18N2O4. The van der Waals surface area contributed by atoms with Crippen molar-refractivity contribution in [2.45, 2.75) is 32.7 Å². The highest BCUT2D eigenvalue weighted by atomic mass is 16.5. The quantitative estimate of drug-likeness (QED) is 0.529. The second kappa shape index (κ2) is 6.34. The van der Waals surface area contributed by atoms with Crippen LogP contribution in [0.1, 0.15) is 26.7 Å². The zero-order chi connectivity index (χ0) is 12.8. The molecule has 3 amide bonds. The molecule has 1 atom stereocenters. The highest BCUT2D eigenvalue weighted by Crippen LogP contribution is 2.08. The predicted molar refractivity (Wildman–Crippen MR) is 60.1 cm³/mol. The molecule has 1 N–H and O–H groups in total. The maximum atomic E-state index is 11.8. The molecule has 96 valence electrons. The summed E-state index contributed by atoms with van der Waals surface area (Å²) in [4.78, 5) is 35.6. The summed E-state index contributed by atoms with van der Waals surface area (Å²) in [6.07, 6.45) is 0.899. The number of hydrogen-bond acceptors (Lipinski definition) is 4. The predicted octanol–water partition coefficient (Wildman–Crippen LogP) is -0.323. The first-order chi connectivity index (χ1) is 8.06. The Morgan fingerprint density at radius 1 is 1.53 bits per heavy atom. The summed E-state index contributed by atoms with van der Waals surface area (Å²) in [7, 11) is 0. The second-order valence-corrected chi connectivity index (χ2v) is 3.91. The third-order valence-corrected chi connectivity index (χ3v) is 2.63. The number of rotatable bonds is 5. The largest absolute Gasteiger partial charge is 0.382 e. The van der Waals surface area contributed by atoms with E-state index >= 15 is 0 Å². The smallest absolute Gasteiger partial charge is 0.249 e. The molecule has 0 saturated carbocycles. The van der Waals surface area contributed by atoms with Gasteiger partial charge in [0.25, 0.3) is 0 Å². The molecule has 1 heterocycles. The molecule has 6 nitrogen and oxygen atoms in total. The van der Waals surface area contributed by atoms with Crippen molar-refractivity contribution in [1.82, 2.24) is 10.2 Å². The lowest BCUT2D eigenvalue weighted by Gasteiger charge is -2.31. The Morgan fingerprint density at radius 2 is 2.24 bits per heavy atom. The molecule has 1 rings (SSSR count). The van der Waals surface area contributed by atoms with E-state index in [4.69, 9.17) is 4.74 Å². The van der Waals surface area contributed by atoms with E-state index in [9.17, 15) is 14.4 Å². The van der Waals surface area contributed by atoms with E-state index in [1.165, 1.54) is 4.90 Å². The number of hydrogen-bond donors (Lipinski definition) is 1. The van der Waals surface area contributed by atoms with Gasteiger partial charge in [0.05, 0.1) is 0 Å². The van der Waals surface area contributed by atoms with Crippen LogP contribution in [0, 0.1) is 0 Å². The third kappa shape index (κ3) is 3.81. The van der Waals surface area contributed by atoms with Crippen LogP contribution in [0.5, 0.6) is 0 Å². The van der Waals surface area contributed by atoms with Gasteiger partial charge in [0.15, 0.2) is 0 Å². The first-order valence-corrected chi connectivity index (χ1v) is 5.77. The molecule has 0 aliphatic carbocycles. The van der Waals surface area contributed by atoms with Crippen LogP contribution in [0.15, 0.2) is 0 Å². The van der Waals surface area contributed by atoms with Crippen LogP contribution in [0.2, 0.25) is 0 Å². The van der Waals surface area contributed by atoms with Gasteiger partial charge >= 0.3 is 0 Å². The molecule has 6 heteroatoms. The molecule has 17 heavy (non-hydrogen) atoms. The van der Waals surface area contributed by atoms with Crippen molar-refractivity contribution in [2.24, 2.45) is 0 Å². The lowest BCUT2D eigenvalue weighted by molar-refractivity contribution is -0.149. The summed E-state index contributed by atoms with van der Waals surface area (Å²) < 4.78 is 5.12. The van der Waals surface area contributed by atoms with Gasteiger partial charge in [-0.2, -0.15) is 0 Å². The standard InChI is InChI=1S/C11H18N2O4/c1-3-17-6-4-5-10(15)13-7-9(14)12-11(16)8(13)2/h8H,3-7H2,1-2H3,(H,12,14,16). The van der Waals surface area contributed by atoms with Crippen LogP contribution in [-0.2, 0) is 19.1 Å². The lowest BCUT2D eigenvalue weighted by Crippen LogP contribution is -2.58. The molecule has 0 spiro atoms. The molecule has 1 saturated heterocycles. The third-order valence-electron chi connectivity index (χ3n) is 2.63. The maximum Gasteiger partial charge on any atom is 0.249 e. The maximum absolute atomic E-state index is 11.8. The Hall–Kier alpha value is -1.43. The highest BCUT2D eigenvalue weighted by Gasteiger charge is 2.32. The molecule has 0 aromatic carbocycles. The van der Waals surface area contributed by atoms with Gasteiger partial charge in [0.1, 0.15) is 12.6 Å². The van der Waals surface area contributed by atoms with Crippen molar-refractivity contribution < 1.29 is 19.1 Å². The zero-order valence-electron chi connectivity index (χ0n) is 10.2. The topological polar surface area (TPSA) is 75.7 Å². The van der Waals surface area contributed by atoms with Crippen LogP contribution < -0.4 is 5.32 Å². The minimum Gasteiger partial charge on any atom is -0.382 e. The van der Waals surface area contributed by atoms with E-state index < -0.39 is 17.9 Å². The molecule has 0 radical (unpaired) electrons. The van der Waals surface area contributed by atoms with Crippen LogP contribution in [0.3, 0.4) is 0 Å². The van der Waals surface area contributed by atoms with Gasteiger partial charge in [-0.3, -0.25) is 19.7 Å². The summed E-state index contributed by atoms with van der Waals surface area (Å²) in [6, 6.07) is -0.577. The Balaban J connectivity index is 2.44. The van der Waals surface area contributed by atoms with Gasteiger partial charge < -0.3 is 9.64 Å². The lowest BCUT2D eigenvalue weighted by atomic mass is 10.1. The summed E-state index contributed by atoms with van der Waals surface area (Å²) >= 11 is 0. The Morgan fingerprint density at radius 3 is 2.88 bits per heavy atom. The van der Waals surface area contributed by atoms with Gasteiger partial charge in [0.2, 0.25) is 17.7 Å². The molecular weight excluding hydrogens is 224 g/mol. The Labute approximate surface area is 100 Å². The Bertz CT molecular complexity index is 317. The molecule has 0 bridgehead atoms. The number of imide groups is 1. The van der Waals surface area contributed by atoms with Gasteiger partial charge in [-0.05, 0) is 20.3 Å². The monoisotopic (exact) mass is 242 g/mol. The number of nitrogens with zero attached hydrogens (tertiary/aromatic N) is 1. The molecule has 0 aromatic rings. The SMILES string of the molecule is CCOCCCC(=O)N1CC(=O)NC(=O)C1C. The number of ether oxygens (including phenoxy) is 1. The van der Waals surface area contributed by atoms with Crippen molar-refractivity contribution in [3.8, 4) is 0 Å². The average molecular weight is 242 g/mol. The first-order valence-electron chi connectivity index (χ1n) is 5.77. The summed E-state index contributed by atoms with van der Waals surface area (Å²) in [6.45, 7) is 4.60.